The quantitative estimate of drug-likeness (QED) is 0.529. The maximum atomic E-state index is 12.9. The molecule has 33 heavy (non-hydrogen) atoms. The highest BCUT2D eigenvalue weighted by atomic mass is 35.5. The fourth-order valence-corrected chi connectivity index (χ4v) is 6.01. The molecular weight excluding hydrogens is 481 g/mol. The maximum Gasteiger partial charge on any atom is 0.224 e. The minimum Gasteiger partial charge on any atom is -0.372 e. The molecule has 1 aliphatic heterocycles. The topological polar surface area (TPSA) is 69.7 Å². The van der Waals surface area contributed by atoms with Crippen LogP contribution < -0.4 is 10.2 Å². The molecule has 0 radical (unpaired) electrons. The van der Waals surface area contributed by atoms with E-state index in [1.807, 2.05) is 12.1 Å². The molecule has 1 heterocycles. The number of anilines is 1. The first-order chi connectivity index (χ1) is 15.7. The lowest BCUT2D eigenvalue weighted by Crippen LogP contribution is -2.45. The second kappa shape index (κ2) is 11.6. The van der Waals surface area contributed by atoms with Crippen molar-refractivity contribution >= 4 is 44.8 Å². The Morgan fingerprint density at radius 2 is 1.73 bits per heavy atom. The lowest BCUT2D eigenvalue weighted by atomic mass is 9.98. The average Bonchev–Trinajstić information content (AvgIpc) is 2.81. The molecule has 180 valence electrons. The van der Waals surface area contributed by atoms with E-state index in [9.17, 15) is 13.2 Å². The van der Waals surface area contributed by atoms with Gasteiger partial charge in [0, 0.05) is 38.4 Å². The molecule has 2 aromatic carbocycles. The molecule has 9 heteroatoms. The molecule has 1 N–H and O–H groups in total. The first kappa shape index (κ1) is 25.8. The van der Waals surface area contributed by atoms with E-state index < -0.39 is 10.0 Å². The molecule has 0 aliphatic carbocycles. The third-order valence-corrected chi connectivity index (χ3v) is 8.57. The Kier molecular flexibility index (Phi) is 9.04. The SMILES string of the molecule is CCN(CC)c1ccc(CNC(=O)[C@@H]2CCCN(S(=O)(=O)Cc3ccc(Cl)c(Cl)c3)C2)cc1. The molecule has 0 spiro atoms. The molecule has 0 saturated carbocycles. The first-order valence-corrected chi connectivity index (χ1v) is 13.6. The van der Waals surface area contributed by atoms with Crippen LogP contribution >= 0.6 is 23.2 Å². The Balaban J connectivity index is 1.56. The van der Waals surface area contributed by atoms with Crippen molar-refractivity contribution in [2.24, 2.45) is 5.92 Å². The zero-order valence-corrected chi connectivity index (χ0v) is 21.4. The van der Waals surface area contributed by atoms with E-state index >= 15 is 0 Å². The van der Waals surface area contributed by atoms with Gasteiger partial charge in [0.25, 0.3) is 0 Å². The minimum atomic E-state index is -3.57. The van der Waals surface area contributed by atoms with Gasteiger partial charge in [-0.1, -0.05) is 41.4 Å². The summed E-state index contributed by atoms with van der Waals surface area (Å²) in [6, 6.07) is 13.0. The molecule has 0 unspecified atom stereocenters. The zero-order valence-electron chi connectivity index (χ0n) is 19.1. The molecule has 0 aromatic heterocycles. The van der Waals surface area contributed by atoms with Crippen molar-refractivity contribution in [3.8, 4) is 0 Å². The molecule has 1 saturated heterocycles. The van der Waals surface area contributed by atoms with E-state index in [1.54, 1.807) is 18.2 Å². The van der Waals surface area contributed by atoms with Gasteiger partial charge >= 0.3 is 0 Å². The summed E-state index contributed by atoms with van der Waals surface area (Å²) in [5.41, 5.74) is 2.74. The number of hydrogen-bond donors (Lipinski definition) is 1. The summed E-state index contributed by atoms with van der Waals surface area (Å²) in [5.74, 6) is -0.647. The third-order valence-electron chi connectivity index (χ3n) is 6.01. The van der Waals surface area contributed by atoms with Gasteiger partial charge < -0.3 is 10.2 Å². The Morgan fingerprint density at radius 3 is 2.36 bits per heavy atom. The van der Waals surface area contributed by atoms with E-state index in [1.165, 1.54) is 4.31 Å². The van der Waals surface area contributed by atoms with Crippen LogP contribution in [0, 0.1) is 5.92 Å². The van der Waals surface area contributed by atoms with Crippen LogP contribution in [0.4, 0.5) is 5.69 Å². The molecule has 2 aromatic rings. The van der Waals surface area contributed by atoms with Crippen molar-refractivity contribution in [1.82, 2.24) is 9.62 Å². The highest BCUT2D eigenvalue weighted by molar-refractivity contribution is 7.88. The molecule has 0 bridgehead atoms. The van der Waals surface area contributed by atoms with E-state index in [2.05, 4.69) is 36.2 Å². The van der Waals surface area contributed by atoms with Crippen molar-refractivity contribution < 1.29 is 13.2 Å². The lowest BCUT2D eigenvalue weighted by Gasteiger charge is -2.31. The van der Waals surface area contributed by atoms with E-state index in [0.29, 0.717) is 41.5 Å². The van der Waals surface area contributed by atoms with Crippen LogP contribution in [0.2, 0.25) is 10.0 Å². The lowest BCUT2D eigenvalue weighted by molar-refractivity contribution is -0.126. The van der Waals surface area contributed by atoms with E-state index in [-0.39, 0.29) is 24.1 Å². The van der Waals surface area contributed by atoms with Crippen molar-refractivity contribution in [2.45, 2.75) is 39.0 Å². The van der Waals surface area contributed by atoms with Crippen LogP contribution in [0.5, 0.6) is 0 Å². The van der Waals surface area contributed by atoms with Gasteiger partial charge in [0.15, 0.2) is 0 Å². The summed E-state index contributed by atoms with van der Waals surface area (Å²) in [5, 5.41) is 3.68. The number of piperidine rings is 1. The number of nitrogens with one attached hydrogen (secondary N) is 1. The summed E-state index contributed by atoms with van der Waals surface area (Å²) < 4.78 is 27.3. The fraction of sp³-hybridized carbons (Fsp3) is 0.458. The molecule has 6 nitrogen and oxygen atoms in total. The standard InChI is InChI=1S/C24H31Cl2N3O3S/c1-3-28(4-2)21-10-7-18(8-11-21)15-27-24(30)20-6-5-13-29(16-20)33(31,32)17-19-9-12-22(25)23(26)14-19/h7-12,14,20H,3-6,13,15-17H2,1-2H3,(H,27,30)/t20-/m1/s1. The second-order valence-corrected chi connectivity index (χ2v) is 11.0. The van der Waals surface area contributed by atoms with Gasteiger partial charge in [0.2, 0.25) is 15.9 Å². The molecule has 1 fully saturated rings. The fourth-order valence-electron chi connectivity index (χ4n) is 4.09. The zero-order chi connectivity index (χ0) is 24.0. The number of benzene rings is 2. The van der Waals surface area contributed by atoms with Gasteiger partial charge in [0.1, 0.15) is 0 Å². The van der Waals surface area contributed by atoms with Crippen molar-refractivity contribution in [2.75, 3.05) is 31.1 Å². The van der Waals surface area contributed by atoms with Crippen molar-refractivity contribution in [3.05, 3.63) is 63.6 Å². The highest BCUT2D eigenvalue weighted by Crippen LogP contribution is 2.26. The van der Waals surface area contributed by atoms with Gasteiger partial charge in [0.05, 0.1) is 21.7 Å². The smallest absolute Gasteiger partial charge is 0.224 e. The average molecular weight is 513 g/mol. The van der Waals surface area contributed by atoms with Crippen LogP contribution in [0.1, 0.15) is 37.8 Å². The number of sulfonamides is 1. The van der Waals surface area contributed by atoms with Crippen LogP contribution in [0.3, 0.4) is 0 Å². The number of nitrogens with zero attached hydrogens (tertiary/aromatic N) is 2. The summed E-state index contributed by atoms with van der Waals surface area (Å²) in [6.45, 7) is 7.16. The van der Waals surface area contributed by atoms with Gasteiger partial charge in [-0.25, -0.2) is 12.7 Å². The third kappa shape index (κ3) is 6.85. The van der Waals surface area contributed by atoms with Gasteiger partial charge in [-0.3, -0.25) is 4.79 Å². The molecule has 1 atom stereocenters. The Morgan fingerprint density at radius 1 is 1.06 bits per heavy atom. The largest absolute Gasteiger partial charge is 0.372 e. The van der Waals surface area contributed by atoms with Gasteiger partial charge in [-0.15, -0.1) is 0 Å². The number of hydrogen-bond acceptors (Lipinski definition) is 4. The monoisotopic (exact) mass is 511 g/mol. The number of carbonyl (C=O) groups is 1. The minimum absolute atomic E-state index is 0.114. The highest BCUT2D eigenvalue weighted by Gasteiger charge is 2.32. The van der Waals surface area contributed by atoms with Crippen LogP contribution in [-0.2, 0) is 27.1 Å². The van der Waals surface area contributed by atoms with E-state index in [0.717, 1.165) is 24.3 Å². The summed E-state index contributed by atoms with van der Waals surface area (Å²) >= 11 is 11.9. The second-order valence-electron chi connectivity index (χ2n) is 8.26. The molecule has 1 amide bonds. The van der Waals surface area contributed by atoms with Gasteiger partial charge in [-0.05, 0) is 62.1 Å². The Bertz CT molecular complexity index is 1060. The molecule has 3 rings (SSSR count). The predicted octanol–water partition coefficient (Wildman–Crippen LogP) is 4.70. The number of rotatable bonds is 9. The summed E-state index contributed by atoms with van der Waals surface area (Å²) in [6.07, 6.45) is 1.32. The number of halogens is 2. The summed E-state index contributed by atoms with van der Waals surface area (Å²) in [7, 11) is -3.57. The van der Waals surface area contributed by atoms with E-state index in [4.69, 9.17) is 23.2 Å². The number of carbonyl (C=O) groups excluding carboxylic acids is 1. The summed E-state index contributed by atoms with van der Waals surface area (Å²) in [4.78, 5) is 15.0. The Hall–Kier alpha value is -1.80. The molecular formula is C24H31Cl2N3O3S. The van der Waals surface area contributed by atoms with Crippen molar-refractivity contribution in [1.29, 1.82) is 0 Å². The van der Waals surface area contributed by atoms with Crippen LogP contribution in [0.15, 0.2) is 42.5 Å². The Labute approximate surface area is 206 Å². The van der Waals surface area contributed by atoms with Gasteiger partial charge in [-0.2, -0.15) is 0 Å². The molecule has 1 aliphatic rings. The maximum absolute atomic E-state index is 12.9. The van der Waals surface area contributed by atoms with Crippen molar-refractivity contribution in [3.63, 3.8) is 0 Å². The van der Waals surface area contributed by atoms with Crippen LogP contribution in [0.25, 0.3) is 0 Å². The first-order valence-electron chi connectivity index (χ1n) is 11.3. The van der Waals surface area contributed by atoms with Crippen LogP contribution in [-0.4, -0.2) is 44.8 Å². The predicted molar refractivity (Wildman–Crippen MR) is 135 cm³/mol. The normalized spacial score (nSPS) is 17.0. The number of amides is 1.